The van der Waals surface area contributed by atoms with E-state index < -0.39 is 0 Å². The van der Waals surface area contributed by atoms with Crippen LogP contribution in [-0.4, -0.2) is 25.2 Å². The summed E-state index contributed by atoms with van der Waals surface area (Å²) in [6, 6.07) is 0. The van der Waals surface area contributed by atoms with Crippen LogP contribution in [0, 0.1) is 0 Å². The van der Waals surface area contributed by atoms with Gasteiger partial charge < -0.3 is 9.47 Å². The highest BCUT2D eigenvalue weighted by Gasteiger charge is 1.98. The standard InChI is InChI=1S/C29H52O4/c1-3-28(30)32-26-24-22-20-18-16-14-12-10-8-6-5-7-9-11-13-15-17-19-21-23-25-27-33-29(31)4-2/h3-4H,1-2,5-27H2. The molecule has 0 aliphatic carbocycles. The van der Waals surface area contributed by atoms with Crippen molar-refractivity contribution in [2.24, 2.45) is 0 Å². The van der Waals surface area contributed by atoms with Crippen LogP contribution in [0.1, 0.15) is 135 Å². The molecule has 0 saturated heterocycles. The van der Waals surface area contributed by atoms with Gasteiger partial charge in [0.15, 0.2) is 0 Å². The van der Waals surface area contributed by atoms with Gasteiger partial charge in [0.1, 0.15) is 0 Å². The third-order valence-corrected chi connectivity index (χ3v) is 6.11. The van der Waals surface area contributed by atoms with Gasteiger partial charge >= 0.3 is 11.9 Å². The molecule has 0 amide bonds. The van der Waals surface area contributed by atoms with Crippen LogP contribution in [0.4, 0.5) is 0 Å². The van der Waals surface area contributed by atoms with Crippen molar-refractivity contribution in [2.45, 2.75) is 135 Å². The van der Waals surface area contributed by atoms with Crippen molar-refractivity contribution in [3.8, 4) is 0 Å². The molecule has 0 saturated carbocycles. The second-order valence-corrected chi connectivity index (χ2v) is 9.17. The molecule has 4 nitrogen and oxygen atoms in total. The van der Waals surface area contributed by atoms with E-state index in [-0.39, 0.29) is 11.9 Å². The van der Waals surface area contributed by atoms with E-state index in [0.717, 1.165) is 25.7 Å². The van der Waals surface area contributed by atoms with Gasteiger partial charge in [-0.25, -0.2) is 9.59 Å². The van der Waals surface area contributed by atoms with Crippen molar-refractivity contribution < 1.29 is 19.1 Å². The van der Waals surface area contributed by atoms with Crippen molar-refractivity contribution in [2.75, 3.05) is 13.2 Å². The predicted molar refractivity (Wildman–Crippen MR) is 139 cm³/mol. The van der Waals surface area contributed by atoms with Gasteiger partial charge in [0.2, 0.25) is 0 Å². The molecule has 0 aromatic rings. The van der Waals surface area contributed by atoms with Crippen molar-refractivity contribution in [1.82, 2.24) is 0 Å². The van der Waals surface area contributed by atoms with Crippen LogP contribution in [0.3, 0.4) is 0 Å². The summed E-state index contributed by atoms with van der Waals surface area (Å²) in [5.74, 6) is -0.617. The van der Waals surface area contributed by atoms with E-state index in [2.05, 4.69) is 13.2 Å². The Morgan fingerprint density at radius 1 is 0.394 bits per heavy atom. The van der Waals surface area contributed by atoms with Gasteiger partial charge in [-0.1, -0.05) is 135 Å². The highest BCUT2D eigenvalue weighted by atomic mass is 16.5. The second-order valence-electron chi connectivity index (χ2n) is 9.17. The molecule has 0 spiro atoms. The second kappa shape index (κ2) is 26.7. The van der Waals surface area contributed by atoms with E-state index >= 15 is 0 Å². The van der Waals surface area contributed by atoms with E-state index in [9.17, 15) is 9.59 Å². The number of unbranched alkanes of at least 4 members (excludes halogenated alkanes) is 20. The fraction of sp³-hybridized carbons (Fsp3) is 0.793. The van der Waals surface area contributed by atoms with Gasteiger partial charge in [0.05, 0.1) is 13.2 Å². The zero-order chi connectivity index (χ0) is 24.2. The number of hydrogen-bond acceptors (Lipinski definition) is 4. The van der Waals surface area contributed by atoms with Crippen LogP contribution in [0.25, 0.3) is 0 Å². The smallest absolute Gasteiger partial charge is 0.330 e. The largest absolute Gasteiger partial charge is 0.463 e. The van der Waals surface area contributed by atoms with E-state index in [1.807, 2.05) is 0 Å². The number of ether oxygens (including phenoxy) is 2. The SMILES string of the molecule is C=CC(=O)OCCCCCCCCCCCCCCCCCCCCCCCOC(=O)C=C. The Balaban J connectivity index is 3.06. The Bertz CT molecular complexity index is 430. The molecule has 0 aliphatic heterocycles. The summed E-state index contributed by atoms with van der Waals surface area (Å²) in [7, 11) is 0. The molecule has 0 bridgehead atoms. The van der Waals surface area contributed by atoms with Crippen LogP contribution >= 0.6 is 0 Å². The lowest BCUT2D eigenvalue weighted by atomic mass is 10.0. The van der Waals surface area contributed by atoms with E-state index in [0.29, 0.717) is 13.2 Å². The van der Waals surface area contributed by atoms with Crippen LogP contribution in [0.2, 0.25) is 0 Å². The van der Waals surface area contributed by atoms with Gasteiger partial charge in [0, 0.05) is 12.2 Å². The number of esters is 2. The first-order valence-electron chi connectivity index (χ1n) is 13.8. The molecular formula is C29H52O4. The van der Waals surface area contributed by atoms with Gasteiger partial charge in [-0.15, -0.1) is 0 Å². The highest BCUT2D eigenvalue weighted by Crippen LogP contribution is 2.15. The Hall–Kier alpha value is -1.58. The molecule has 0 rings (SSSR count). The molecule has 0 radical (unpaired) electrons. The number of rotatable bonds is 26. The maximum atomic E-state index is 10.9. The highest BCUT2D eigenvalue weighted by molar-refractivity contribution is 5.81. The summed E-state index contributed by atoms with van der Waals surface area (Å²) in [5.41, 5.74) is 0. The maximum absolute atomic E-state index is 10.9. The van der Waals surface area contributed by atoms with E-state index in [4.69, 9.17) is 9.47 Å². The molecule has 0 fully saturated rings. The molecule has 0 aromatic heterocycles. The summed E-state index contributed by atoms with van der Waals surface area (Å²) < 4.78 is 9.95. The minimum Gasteiger partial charge on any atom is -0.463 e. The summed E-state index contributed by atoms with van der Waals surface area (Å²) in [6.45, 7) is 7.85. The fourth-order valence-corrected chi connectivity index (χ4v) is 4.03. The lowest BCUT2D eigenvalue weighted by molar-refractivity contribution is -0.138. The van der Waals surface area contributed by atoms with Crippen molar-refractivity contribution in [3.63, 3.8) is 0 Å². The van der Waals surface area contributed by atoms with Crippen LogP contribution < -0.4 is 0 Å². The Labute approximate surface area is 204 Å². The topological polar surface area (TPSA) is 52.6 Å². The number of hydrogen-bond donors (Lipinski definition) is 0. The average molecular weight is 465 g/mol. The molecule has 0 unspecified atom stereocenters. The molecular weight excluding hydrogens is 412 g/mol. The summed E-state index contributed by atoms with van der Waals surface area (Å²) in [5, 5.41) is 0. The Kier molecular flexibility index (Phi) is 25.4. The summed E-state index contributed by atoms with van der Waals surface area (Å²) in [4.78, 5) is 21.8. The third-order valence-electron chi connectivity index (χ3n) is 6.11. The van der Waals surface area contributed by atoms with Crippen LogP contribution in [-0.2, 0) is 19.1 Å². The summed E-state index contributed by atoms with van der Waals surface area (Å²) in [6.07, 6.45) is 29.8. The van der Waals surface area contributed by atoms with Gasteiger partial charge in [-0.05, 0) is 12.8 Å². The zero-order valence-corrected chi connectivity index (χ0v) is 21.5. The Morgan fingerprint density at radius 2 is 0.576 bits per heavy atom. The molecule has 192 valence electrons. The first-order valence-corrected chi connectivity index (χ1v) is 13.8. The predicted octanol–water partition coefficient (Wildman–Crippen LogP) is 8.64. The maximum Gasteiger partial charge on any atom is 0.330 e. The molecule has 33 heavy (non-hydrogen) atoms. The van der Waals surface area contributed by atoms with Crippen molar-refractivity contribution in [1.29, 1.82) is 0 Å². The Morgan fingerprint density at radius 3 is 0.758 bits per heavy atom. The molecule has 0 N–H and O–H groups in total. The molecule has 0 aromatic carbocycles. The first kappa shape index (κ1) is 31.4. The molecule has 0 aliphatic rings. The lowest BCUT2D eigenvalue weighted by Gasteiger charge is -2.04. The average Bonchev–Trinajstić information content (AvgIpc) is 2.83. The minimum atomic E-state index is -0.309. The first-order chi connectivity index (χ1) is 16.2. The van der Waals surface area contributed by atoms with Gasteiger partial charge in [0.25, 0.3) is 0 Å². The van der Waals surface area contributed by atoms with E-state index in [1.165, 1.54) is 121 Å². The zero-order valence-electron chi connectivity index (χ0n) is 21.5. The number of carbonyl (C=O) groups is 2. The summed E-state index contributed by atoms with van der Waals surface area (Å²) >= 11 is 0. The molecule has 0 atom stereocenters. The molecule has 0 heterocycles. The fourth-order valence-electron chi connectivity index (χ4n) is 4.03. The van der Waals surface area contributed by atoms with Crippen LogP contribution in [0.5, 0.6) is 0 Å². The van der Waals surface area contributed by atoms with Gasteiger partial charge in [-0.2, -0.15) is 0 Å². The lowest BCUT2D eigenvalue weighted by Crippen LogP contribution is -2.01. The normalized spacial score (nSPS) is 10.7. The van der Waals surface area contributed by atoms with E-state index in [1.54, 1.807) is 0 Å². The van der Waals surface area contributed by atoms with Gasteiger partial charge in [-0.3, -0.25) is 0 Å². The third kappa shape index (κ3) is 26.6. The molecule has 4 heteroatoms. The number of carbonyl (C=O) groups excluding carboxylic acids is 2. The monoisotopic (exact) mass is 464 g/mol. The quantitative estimate of drug-likeness (QED) is 0.0730. The minimum absolute atomic E-state index is 0.309. The van der Waals surface area contributed by atoms with Crippen molar-refractivity contribution >= 4 is 11.9 Å². The van der Waals surface area contributed by atoms with Crippen LogP contribution in [0.15, 0.2) is 25.3 Å². The van der Waals surface area contributed by atoms with Crippen molar-refractivity contribution in [3.05, 3.63) is 25.3 Å².